The molecule has 1 aromatic heterocycles. The zero-order chi connectivity index (χ0) is 9.97. The van der Waals surface area contributed by atoms with E-state index in [9.17, 15) is 0 Å². The van der Waals surface area contributed by atoms with Crippen LogP contribution in [0.4, 0.5) is 5.69 Å². The minimum Gasteiger partial charge on any atom is -0.366 e. The van der Waals surface area contributed by atoms with Crippen molar-refractivity contribution in [1.82, 2.24) is 4.98 Å². The van der Waals surface area contributed by atoms with Gasteiger partial charge in [0, 0.05) is 0 Å². The maximum atomic E-state index is 5.58. The van der Waals surface area contributed by atoms with Gasteiger partial charge >= 0.3 is 0 Å². The van der Waals surface area contributed by atoms with Gasteiger partial charge in [0.1, 0.15) is 12.4 Å². The summed E-state index contributed by atoms with van der Waals surface area (Å²) in [6.45, 7) is 0.753. The van der Waals surface area contributed by atoms with Crippen molar-refractivity contribution in [2.45, 2.75) is 6.10 Å². The Kier molecular flexibility index (Phi) is 2.30. The third-order valence-electron chi connectivity index (χ3n) is 1.92. The quantitative estimate of drug-likeness (QED) is 0.227. The summed E-state index contributed by atoms with van der Waals surface area (Å²) >= 11 is 0. The number of ether oxygens (including phenoxy) is 1. The zero-order valence-electron chi connectivity index (χ0n) is 7.50. The fraction of sp³-hybridized carbons (Fsp3) is 0.250. The van der Waals surface area contributed by atoms with Crippen molar-refractivity contribution in [2.24, 2.45) is 16.8 Å². The lowest BCUT2D eigenvalue weighted by atomic mass is 10.3. The minimum atomic E-state index is 0.165. The minimum absolute atomic E-state index is 0.165. The predicted molar refractivity (Wildman–Crippen MR) is 52.3 cm³/mol. The number of anilines is 1. The Labute approximate surface area is 81.1 Å². The summed E-state index contributed by atoms with van der Waals surface area (Å²) in [6, 6.07) is 3.71. The summed E-state index contributed by atoms with van der Waals surface area (Å²) in [6.07, 6.45) is 3.13. The Morgan fingerprint density at radius 3 is 2.93 bits per heavy atom. The van der Waals surface area contributed by atoms with E-state index in [0.29, 0.717) is 0 Å². The smallest absolute Gasteiger partial charge is 0.129 e. The van der Waals surface area contributed by atoms with Gasteiger partial charge in [0.05, 0.1) is 24.2 Å². The lowest BCUT2D eigenvalue weighted by molar-refractivity contribution is 0.411. The van der Waals surface area contributed by atoms with Crippen LogP contribution < -0.4 is 16.7 Å². The number of pyridine rings is 1. The van der Waals surface area contributed by atoms with Crippen LogP contribution in [0.2, 0.25) is 0 Å². The van der Waals surface area contributed by atoms with E-state index in [1.807, 2.05) is 12.1 Å². The molecule has 6 heteroatoms. The lowest BCUT2D eigenvalue weighted by Gasteiger charge is -2.11. The molecule has 0 spiro atoms. The second-order valence-electron chi connectivity index (χ2n) is 2.94. The maximum Gasteiger partial charge on any atom is 0.129 e. The number of hydrazine groups is 1. The topological polar surface area (TPSA) is 93.1 Å². The van der Waals surface area contributed by atoms with Gasteiger partial charge in [0.2, 0.25) is 0 Å². The van der Waals surface area contributed by atoms with Gasteiger partial charge in [-0.3, -0.25) is 9.99 Å². The van der Waals surface area contributed by atoms with Crippen molar-refractivity contribution in [3.63, 3.8) is 0 Å². The molecule has 0 aliphatic carbocycles. The molecule has 6 nitrogen and oxygen atoms in total. The molecule has 2 rings (SSSR count). The SMILES string of the molecule is N/N=C\N(N)c1ccc(C2CO2)nc1. The Balaban J connectivity index is 2.12. The number of rotatable bonds is 3. The number of epoxide rings is 1. The van der Waals surface area contributed by atoms with E-state index in [4.69, 9.17) is 16.4 Å². The van der Waals surface area contributed by atoms with Crippen molar-refractivity contribution < 1.29 is 4.74 Å². The fourth-order valence-electron chi connectivity index (χ4n) is 1.10. The van der Waals surface area contributed by atoms with Gasteiger partial charge in [-0.05, 0) is 12.1 Å². The first-order chi connectivity index (χ1) is 6.81. The normalized spacial score (nSPS) is 19.9. The van der Waals surface area contributed by atoms with Gasteiger partial charge < -0.3 is 10.6 Å². The molecule has 1 saturated heterocycles. The number of nitrogens with two attached hydrogens (primary N) is 2. The van der Waals surface area contributed by atoms with E-state index in [-0.39, 0.29) is 6.10 Å². The first-order valence-corrected chi connectivity index (χ1v) is 4.16. The van der Waals surface area contributed by atoms with Crippen LogP contribution in [0, 0.1) is 0 Å². The van der Waals surface area contributed by atoms with Gasteiger partial charge in [0.25, 0.3) is 0 Å². The second-order valence-corrected chi connectivity index (χ2v) is 2.94. The molecule has 0 amide bonds. The second kappa shape index (κ2) is 3.60. The summed E-state index contributed by atoms with van der Waals surface area (Å²) in [5, 5.41) is 4.60. The van der Waals surface area contributed by atoms with Crippen molar-refractivity contribution >= 4 is 12.0 Å². The van der Waals surface area contributed by atoms with Gasteiger partial charge in [-0.1, -0.05) is 0 Å². The standard InChI is InChI=1S/C8H11N5O/c9-12-5-13(10)6-1-2-7(11-3-6)8-4-14-8/h1-3,5,8H,4,9-10H2/b12-5-. The molecule has 4 N–H and O–H groups in total. The molecule has 74 valence electrons. The number of hydrazone groups is 1. The van der Waals surface area contributed by atoms with Crippen molar-refractivity contribution in [2.75, 3.05) is 11.6 Å². The Morgan fingerprint density at radius 2 is 2.43 bits per heavy atom. The van der Waals surface area contributed by atoms with Crippen LogP contribution >= 0.6 is 0 Å². The highest BCUT2D eigenvalue weighted by molar-refractivity contribution is 5.76. The van der Waals surface area contributed by atoms with E-state index in [1.54, 1.807) is 6.20 Å². The van der Waals surface area contributed by atoms with Crippen LogP contribution in [-0.4, -0.2) is 17.9 Å². The fourth-order valence-corrected chi connectivity index (χ4v) is 1.10. The highest BCUT2D eigenvalue weighted by Gasteiger charge is 2.25. The Hall–Kier alpha value is -1.66. The average molecular weight is 193 g/mol. The molecule has 0 radical (unpaired) electrons. The Morgan fingerprint density at radius 1 is 1.64 bits per heavy atom. The van der Waals surface area contributed by atoms with Crippen LogP contribution in [0.15, 0.2) is 23.4 Å². The van der Waals surface area contributed by atoms with Gasteiger partial charge in [-0.15, -0.1) is 0 Å². The van der Waals surface area contributed by atoms with E-state index >= 15 is 0 Å². The summed E-state index contributed by atoms with van der Waals surface area (Å²) < 4.78 is 5.09. The number of aromatic nitrogens is 1. The monoisotopic (exact) mass is 193 g/mol. The Bertz CT molecular complexity index is 332. The molecular weight excluding hydrogens is 182 g/mol. The zero-order valence-corrected chi connectivity index (χ0v) is 7.50. The molecule has 1 atom stereocenters. The molecule has 0 aromatic carbocycles. The van der Waals surface area contributed by atoms with Crippen LogP contribution in [0.1, 0.15) is 11.8 Å². The molecule has 0 saturated carbocycles. The molecule has 1 fully saturated rings. The first-order valence-electron chi connectivity index (χ1n) is 4.16. The molecule has 1 aliphatic heterocycles. The molecule has 0 bridgehead atoms. The predicted octanol–water partition coefficient (Wildman–Crippen LogP) is -0.265. The molecule has 1 unspecified atom stereocenters. The van der Waals surface area contributed by atoms with Crippen LogP contribution in [0.5, 0.6) is 0 Å². The molecule has 1 aliphatic rings. The number of hydrogen-bond donors (Lipinski definition) is 2. The highest BCUT2D eigenvalue weighted by Crippen LogP contribution is 2.28. The molecule has 14 heavy (non-hydrogen) atoms. The van der Waals surface area contributed by atoms with E-state index < -0.39 is 0 Å². The molecule has 2 heterocycles. The van der Waals surface area contributed by atoms with E-state index in [2.05, 4.69) is 10.1 Å². The average Bonchev–Trinajstić information content (AvgIpc) is 3.02. The van der Waals surface area contributed by atoms with E-state index in [0.717, 1.165) is 18.0 Å². The largest absolute Gasteiger partial charge is 0.366 e. The van der Waals surface area contributed by atoms with Crippen LogP contribution in [0.3, 0.4) is 0 Å². The summed E-state index contributed by atoms with van der Waals surface area (Å²) in [4.78, 5) is 4.19. The van der Waals surface area contributed by atoms with Gasteiger partial charge in [0.15, 0.2) is 0 Å². The maximum absolute atomic E-state index is 5.58. The highest BCUT2D eigenvalue weighted by atomic mass is 16.6. The van der Waals surface area contributed by atoms with Gasteiger partial charge in [-0.2, -0.15) is 5.10 Å². The summed E-state index contributed by atoms with van der Waals surface area (Å²) in [5.74, 6) is 10.5. The number of hydrogen-bond acceptors (Lipinski definition) is 5. The molecular formula is C8H11N5O. The van der Waals surface area contributed by atoms with Crippen LogP contribution in [0.25, 0.3) is 0 Å². The summed E-state index contributed by atoms with van der Waals surface area (Å²) in [7, 11) is 0. The van der Waals surface area contributed by atoms with E-state index in [1.165, 1.54) is 11.3 Å². The summed E-state index contributed by atoms with van der Waals surface area (Å²) in [5.41, 5.74) is 1.65. The van der Waals surface area contributed by atoms with Crippen molar-refractivity contribution in [1.29, 1.82) is 0 Å². The van der Waals surface area contributed by atoms with Crippen molar-refractivity contribution in [3.05, 3.63) is 24.0 Å². The van der Waals surface area contributed by atoms with Crippen molar-refractivity contribution in [3.8, 4) is 0 Å². The van der Waals surface area contributed by atoms with Gasteiger partial charge in [-0.25, -0.2) is 5.84 Å². The third-order valence-corrected chi connectivity index (χ3v) is 1.92. The third kappa shape index (κ3) is 1.81. The first kappa shape index (κ1) is 8.92. The lowest BCUT2D eigenvalue weighted by Crippen LogP contribution is -2.29. The number of nitrogens with zero attached hydrogens (tertiary/aromatic N) is 3. The molecule has 1 aromatic rings. The van der Waals surface area contributed by atoms with Crippen LogP contribution in [-0.2, 0) is 4.74 Å².